The number of benzene rings is 1. The molecule has 0 saturated heterocycles. The zero-order valence-electron chi connectivity index (χ0n) is 11.0. The van der Waals surface area contributed by atoms with Gasteiger partial charge in [0, 0.05) is 12.3 Å². The minimum atomic E-state index is 1.21. The number of para-hydroxylation sites is 1. The summed E-state index contributed by atoms with van der Waals surface area (Å²) in [5.74, 6) is 0. The molecule has 0 unspecified atom stereocenters. The fourth-order valence-electron chi connectivity index (χ4n) is 2.97. The van der Waals surface area contributed by atoms with Crippen LogP contribution < -0.4 is 8.97 Å². The number of nitrogens with zero attached hydrogens (tertiary/aromatic N) is 2. The number of aromatic nitrogens is 3. The maximum Gasteiger partial charge on any atom is 0.459 e. The van der Waals surface area contributed by atoms with Gasteiger partial charge in [0.1, 0.15) is 12.4 Å². The fraction of sp³-hybridized carbons (Fsp3) is 0.125. The predicted molar refractivity (Wildman–Crippen MR) is 74.9 cm³/mol. The molecule has 0 atom stereocenters. The van der Waals surface area contributed by atoms with Crippen molar-refractivity contribution in [3.63, 3.8) is 0 Å². The third kappa shape index (κ3) is 1.27. The lowest BCUT2D eigenvalue weighted by atomic mass is 10.1. The fourth-order valence-corrected chi connectivity index (χ4v) is 2.97. The van der Waals surface area contributed by atoms with Gasteiger partial charge in [-0.1, -0.05) is 16.5 Å². The van der Waals surface area contributed by atoms with E-state index in [-0.39, 0.29) is 0 Å². The Bertz CT molecular complexity index is 935. The van der Waals surface area contributed by atoms with E-state index >= 15 is 0 Å². The number of H-pyrrole nitrogens is 1. The summed E-state index contributed by atoms with van der Waals surface area (Å²) in [4.78, 5) is 3.42. The lowest BCUT2D eigenvalue weighted by Crippen LogP contribution is -2.33. The van der Waals surface area contributed by atoms with Crippen molar-refractivity contribution in [3.05, 3.63) is 54.5 Å². The monoisotopic (exact) mass is 249 g/mol. The number of fused-ring (bicyclic) bond motifs is 6. The topological polar surface area (TPSA) is 23.8 Å². The van der Waals surface area contributed by atoms with E-state index in [4.69, 9.17) is 0 Å². The molecule has 0 aliphatic heterocycles. The molecule has 3 aromatic heterocycles. The van der Waals surface area contributed by atoms with E-state index < -0.39 is 0 Å². The van der Waals surface area contributed by atoms with Gasteiger partial charge in [0.25, 0.3) is 0 Å². The Morgan fingerprint density at radius 3 is 2.79 bits per heavy atom. The van der Waals surface area contributed by atoms with E-state index in [0.29, 0.717) is 0 Å². The number of rotatable bonds is 0. The molecule has 0 aliphatic carbocycles. The van der Waals surface area contributed by atoms with Gasteiger partial charge >= 0.3 is 5.65 Å². The average molecular weight is 249 g/mol. The van der Waals surface area contributed by atoms with Crippen molar-refractivity contribution in [2.75, 3.05) is 0 Å². The van der Waals surface area contributed by atoms with E-state index in [2.05, 4.69) is 70.6 Å². The molecule has 3 heteroatoms. The molecule has 0 fully saturated rings. The lowest BCUT2D eigenvalue weighted by Gasteiger charge is -2.02. The third-order valence-corrected chi connectivity index (χ3v) is 3.86. The number of imidazole rings is 1. The second-order valence-corrected chi connectivity index (χ2v) is 5.03. The highest BCUT2D eigenvalue weighted by atomic mass is 15.1. The van der Waals surface area contributed by atoms with Crippen LogP contribution in [0.5, 0.6) is 0 Å². The van der Waals surface area contributed by atoms with E-state index in [9.17, 15) is 0 Å². The maximum atomic E-state index is 3.42. The molecule has 0 radical (unpaired) electrons. The summed E-state index contributed by atoms with van der Waals surface area (Å²) < 4.78 is 4.44. The van der Waals surface area contributed by atoms with Crippen molar-refractivity contribution in [1.29, 1.82) is 0 Å². The minimum Gasteiger partial charge on any atom is -0.360 e. The molecule has 0 spiro atoms. The SMILES string of the molecule is Cc1cc[nH]c2c3ccccc3[n+]3cc[n+](C)c3c12. The summed E-state index contributed by atoms with van der Waals surface area (Å²) >= 11 is 0. The second-order valence-electron chi connectivity index (χ2n) is 5.03. The average Bonchev–Trinajstić information content (AvgIpc) is 2.82. The van der Waals surface area contributed by atoms with E-state index in [1.165, 1.54) is 33.0 Å². The van der Waals surface area contributed by atoms with Crippen LogP contribution >= 0.6 is 0 Å². The zero-order valence-corrected chi connectivity index (χ0v) is 11.0. The highest BCUT2D eigenvalue weighted by Crippen LogP contribution is 2.25. The quantitative estimate of drug-likeness (QED) is 0.365. The Labute approximate surface area is 110 Å². The maximum absolute atomic E-state index is 3.42. The molecule has 0 amide bonds. The van der Waals surface area contributed by atoms with Gasteiger partial charge in [0.2, 0.25) is 17.9 Å². The summed E-state index contributed by atoms with van der Waals surface area (Å²) in [5, 5.41) is 2.54. The molecular weight excluding hydrogens is 234 g/mol. The van der Waals surface area contributed by atoms with Crippen LogP contribution in [0.4, 0.5) is 0 Å². The van der Waals surface area contributed by atoms with Gasteiger partial charge in [-0.05, 0) is 24.6 Å². The largest absolute Gasteiger partial charge is 0.459 e. The summed E-state index contributed by atoms with van der Waals surface area (Å²) in [6, 6.07) is 10.6. The first-order valence-corrected chi connectivity index (χ1v) is 6.46. The van der Waals surface area contributed by atoms with Gasteiger partial charge in [-0.3, -0.25) is 0 Å². The van der Waals surface area contributed by atoms with Crippen LogP contribution in [0.25, 0.3) is 27.5 Å². The number of pyridine rings is 2. The molecule has 4 aromatic rings. The number of aromatic amines is 1. The normalized spacial score (nSPS) is 11.7. The number of nitrogens with one attached hydrogen (secondary N) is 1. The molecule has 3 heterocycles. The molecule has 0 saturated carbocycles. The molecule has 0 bridgehead atoms. The van der Waals surface area contributed by atoms with Crippen LogP contribution in [0.2, 0.25) is 0 Å². The summed E-state index contributed by atoms with van der Waals surface area (Å²) in [6.45, 7) is 2.16. The first-order chi connectivity index (χ1) is 9.27. The molecule has 19 heavy (non-hydrogen) atoms. The Morgan fingerprint density at radius 2 is 1.89 bits per heavy atom. The smallest absolute Gasteiger partial charge is 0.360 e. The van der Waals surface area contributed by atoms with Gasteiger partial charge in [0.15, 0.2) is 0 Å². The van der Waals surface area contributed by atoms with Crippen LogP contribution in [0.15, 0.2) is 48.9 Å². The molecule has 92 valence electrons. The van der Waals surface area contributed by atoms with Crippen molar-refractivity contribution in [3.8, 4) is 0 Å². The van der Waals surface area contributed by atoms with Crippen LogP contribution in [-0.2, 0) is 7.05 Å². The Morgan fingerprint density at radius 1 is 1.05 bits per heavy atom. The van der Waals surface area contributed by atoms with E-state index in [1.807, 2.05) is 6.20 Å². The summed E-state index contributed by atoms with van der Waals surface area (Å²) in [7, 11) is 2.09. The van der Waals surface area contributed by atoms with Gasteiger partial charge in [0.05, 0.1) is 10.9 Å². The molecule has 1 aromatic carbocycles. The van der Waals surface area contributed by atoms with Gasteiger partial charge in [-0.25, -0.2) is 0 Å². The lowest BCUT2D eigenvalue weighted by molar-refractivity contribution is -0.678. The number of aryl methyl sites for hydroxylation is 2. The standard InChI is InChI=1S/C16H14N3/c1-11-7-8-17-15-12-5-3-4-6-13(12)19-10-9-18(2)16(19)14(11)15/h3-10H,1-2H3/q+1/p+1. The second kappa shape index (κ2) is 3.54. The Balaban J connectivity index is 2.49. The molecule has 1 N–H and O–H groups in total. The number of hydrogen-bond acceptors (Lipinski definition) is 0. The van der Waals surface area contributed by atoms with Crippen LogP contribution in [0.1, 0.15) is 5.56 Å². The summed E-state index contributed by atoms with van der Waals surface area (Å²) in [5.41, 5.74) is 4.95. The van der Waals surface area contributed by atoms with Gasteiger partial charge < -0.3 is 4.98 Å². The molecule has 3 nitrogen and oxygen atoms in total. The number of hydrogen-bond donors (Lipinski definition) is 1. The van der Waals surface area contributed by atoms with Crippen molar-refractivity contribution >= 4 is 27.5 Å². The van der Waals surface area contributed by atoms with Crippen LogP contribution in [0, 0.1) is 6.92 Å². The van der Waals surface area contributed by atoms with E-state index in [0.717, 1.165) is 0 Å². The van der Waals surface area contributed by atoms with Crippen molar-refractivity contribution in [2.24, 2.45) is 7.05 Å². The third-order valence-electron chi connectivity index (χ3n) is 3.86. The van der Waals surface area contributed by atoms with E-state index in [1.54, 1.807) is 0 Å². The van der Waals surface area contributed by atoms with Crippen molar-refractivity contribution in [2.45, 2.75) is 6.92 Å². The van der Waals surface area contributed by atoms with Crippen molar-refractivity contribution in [1.82, 2.24) is 4.98 Å². The van der Waals surface area contributed by atoms with Gasteiger partial charge in [-0.2, -0.15) is 0 Å². The highest BCUT2D eigenvalue weighted by Gasteiger charge is 2.25. The molecular formula is C16H15N3+2. The van der Waals surface area contributed by atoms with Crippen LogP contribution in [-0.4, -0.2) is 4.98 Å². The minimum absolute atomic E-state index is 1.21. The summed E-state index contributed by atoms with van der Waals surface area (Å²) in [6.07, 6.45) is 6.25. The van der Waals surface area contributed by atoms with Crippen molar-refractivity contribution < 1.29 is 8.97 Å². The Kier molecular flexibility index (Phi) is 1.96. The van der Waals surface area contributed by atoms with Crippen LogP contribution in [0.3, 0.4) is 0 Å². The molecule has 4 rings (SSSR count). The first-order valence-electron chi connectivity index (χ1n) is 6.46. The predicted octanol–water partition coefficient (Wildman–Crippen LogP) is 2.19. The highest BCUT2D eigenvalue weighted by molar-refractivity contribution is 6.07. The molecule has 0 aliphatic rings. The Hall–Kier alpha value is -2.42. The zero-order chi connectivity index (χ0) is 13.0. The van der Waals surface area contributed by atoms with Gasteiger partial charge in [-0.15, -0.1) is 4.57 Å². The first kappa shape index (κ1) is 10.5.